The van der Waals surface area contributed by atoms with Gasteiger partial charge >= 0.3 is 0 Å². The van der Waals surface area contributed by atoms with Gasteiger partial charge in [-0.15, -0.1) is 10.2 Å². The molecule has 2 rings (SSSR count). The molecule has 0 radical (unpaired) electrons. The van der Waals surface area contributed by atoms with Crippen LogP contribution in [0.1, 0.15) is 63.9 Å². The van der Waals surface area contributed by atoms with Crippen LogP contribution < -0.4 is 5.32 Å². The highest BCUT2D eigenvalue weighted by Gasteiger charge is 2.27. The predicted octanol–water partition coefficient (Wildman–Crippen LogP) is 3.95. The maximum atomic E-state index is 12.6. The summed E-state index contributed by atoms with van der Waals surface area (Å²) >= 11 is 0. The van der Waals surface area contributed by atoms with Crippen molar-refractivity contribution in [3.63, 3.8) is 0 Å². The monoisotopic (exact) mass is 329 g/mol. The van der Waals surface area contributed by atoms with Gasteiger partial charge in [-0.05, 0) is 23.3 Å². The number of carbonyl (C=O) groups excluding carboxylic acids is 1. The lowest BCUT2D eigenvalue weighted by Gasteiger charge is -2.26. The fraction of sp³-hybridized carbons (Fsp3) is 0.526. The first-order chi connectivity index (χ1) is 11.3. The van der Waals surface area contributed by atoms with E-state index in [2.05, 4.69) is 55.3 Å². The minimum absolute atomic E-state index is 0.00893. The Morgan fingerprint density at radius 3 is 2.42 bits per heavy atom. The van der Waals surface area contributed by atoms with Gasteiger partial charge in [0.1, 0.15) is 6.04 Å². The van der Waals surface area contributed by atoms with Crippen molar-refractivity contribution >= 4 is 5.91 Å². The zero-order chi connectivity index (χ0) is 17.7. The van der Waals surface area contributed by atoms with Crippen LogP contribution in [0.2, 0.25) is 0 Å². The molecule has 130 valence electrons. The van der Waals surface area contributed by atoms with Crippen molar-refractivity contribution in [3.05, 3.63) is 47.7 Å². The summed E-state index contributed by atoms with van der Waals surface area (Å²) in [5.41, 5.74) is 0.910. The van der Waals surface area contributed by atoms with Crippen molar-refractivity contribution in [1.29, 1.82) is 0 Å². The topological polar surface area (TPSA) is 68.0 Å². The van der Waals surface area contributed by atoms with E-state index >= 15 is 0 Å². The number of hydrogen-bond acceptors (Lipinski definition) is 4. The van der Waals surface area contributed by atoms with E-state index in [9.17, 15) is 4.79 Å². The molecule has 1 aromatic heterocycles. The van der Waals surface area contributed by atoms with Crippen LogP contribution in [-0.4, -0.2) is 16.1 Å². The van der Waals surface area contributed by atoms with Crippen LogP contribution in [0, 0.1) is 12.8 Å². The van der Waals surface area contributed by atoms with Gasteiger partial charge in [0.25, 0.3) is 0 Å². The van der Waals surface area contributed by atoms with Crippen LogP contribution in [0.3, 0.4) is 0 Å². The third kappa shape index (κ3) is 4.91. The van der Waals surface area contributed by atoms with E-state index < -0.39 is 0 Å². The van der Waals surface area contributed by atoms with Crippen LogP contribution in [0.25, 0.3) is 0 Å². The maximum Gasteiger partial charge on any atom is 0.238 e. The van der Waals surface area contributed by atoms with E-state index in [0.717, 1.165) is 12.0 Å². The highest BCUT2D eigenvalue weighted by atomic mass is 16.4. The molecule has 2 aromatic rings. The summed E-state index contributed by atoms with van der Waals surface area (Å²) in [5.74, 6) is 1.39. The Hall–Kier alpha value is -2.17. The number of carbonyl (C=O) groups is 1. The van der Waals surface area contributed by atoms with Crippen LogP contribution in [0.15, 0.2) is 34.7 Å². The van der Waals surface area contributed by atoms with Crippen molar-refractivity contribution in [3.8, 4) is 0 Å². The number of hydrogen-bond donors (Lipinski definition) is 1. The van der Waals surface area contributed by atoms with E-state index in [0.29, 0.717) is 24.1 Å². The molecule has 0 saturated heterocycles. The zero-order valence-electron chi connectivity index (χ0n) is 15.2. The van der Waals surface area contributed by atoms with E-state index in [4.69, 9.17) is 4.42 Å². The zero-order valence-corrected chi connectivity index (χ0v) is 15.2. The van der Waals surface area contributed by atoms with Crippen LogP contribution in [-0.2, 0) is 10.2 Å². The highest BCUT2D eigenvalue weighted by molar-refractivity contribution is 5.77. The van der Waals surface area contributed by atoms with E-state index in [1.165, 1.54) is 0 Å². The van der Waals surface area contributed by atoms with E-state index in [1.54, 1.807) is 6.92 Å². The van der Waals surface area contributed by atoms with Crippen molar-refractivity contribution in [2.24, 2.45) is 5.92 Å². The minimum atomic E-state index is -0.245. The summed E-state index contributed by atoms with van der Waals surface area (Å²) in [6, 6.07) is 9.84. The number of amides is 1. The molecule has 24 heavy (non-hydrogen) atoms. The molecule has 1 aromatic carbocycles. The summed E-state index contributed by atoms with van der Waals surface area (Å²) in [5, 5.41) is 11.0. The average molecular weight is 329 g/mol. The summed E-state index contributed by atoms with van der Waals surface area (Å²) in [6.45, 7) is 10.1. The first-order valence-electron chi connectivity index (χ1n) is 8.43. The fourth-order valence-corrected chi connectivity index (χ4v) is 2.78. The minimum Gasteiger partial charge on any atom is -0.423 e. The summed E-state index contributed by atoms with van der Waals surface area (Å²) < 4.78 is 5.53. The van der Waals surface area contributed by atoms with Gasteiger partial charge in [0.2, 0.25) is 17.7 Å². The largest absolute Gasteiger partial charge is 0.423 e. The second kappa shape index (κ2) is 7.60. The number of nitrogens with zero attached hydrogens (tertiary/aromatic N) is 2. The summed E-state index contributed by atoms with van der Waals surface area (Å²) in [6.07, 6.45) is 1.16. The van der Waals surface area contributed by atoms with Crippen molar-refractivity contribution < 1.29 is 9.21 Å². The lowest BCUT2D eigenvalue weighted by molar-refractivity contribution is -0.123. The van der Waals surface area contributed by atoms with Gasteiger partial charge in [-0.3, -0.25) is 4.79 Å². The number of rotatable bonds is 7. The Morgan fingerprint density at radius 2 is 1.88 bits per heavy atom. The molecule has 1 unspecified atom stereocenters. The number of aromatic nitrogens is 2. The Balaban J connectivity index is 2.07. The normalized spacial score (nSPS) is 13.1. The molecule has 0 spiro atoms. The SMILES string of the molecule is Cc1nnc(C(CC(C)C)NC(=O)CC(C)(C)c2ccccc2)o1. The predicted molar refractivity (Wildman–Crippen MR) is 93.5 cm³/mol. The molecule has 1 N–H and O–H groups in total. The number of nitrogens with one attached hydrogen (secondary N) is 1. The second-order valence-electron chi connectivity index (χ2n) is 7.34. The maximum absolute atomic E-state index is 12.6. The molecule has 5 heteroatoms. The summed E-state index contributed by atoms with van der Waals surface area (Å²) in [4.78, 5) is 12.6. The van der Waals surface area contributed by atoms with E-state index in [1.807, 2.05) is 18.2 Å². The third-order valence-electron chi connectivity index (χ3n) is 4.04. The second-order valence-corrected chi connectivity index (χ2v) is 7.34. The molecule has 5 nitrogen and oxygen atoms in total. The molecule has 1 heterocycles. The number of benzene rings is 1. The third-order valence-corrected chi connectivity index (χ3v) is 4.04. The Labute approximate surface area is 143 Å². The smallest absolute Gasteiger partial charge is 0.238 e. The van der Waals surface area contributed by atoms with Gasteiger partial charge in [-0.1, -0.05) is 58.0 Å². The quantitative estimate of drug-likeness (QED) is 0.835. The molecular formula is C19H27N3O2. The fourth-order valence-electron chi connectivity index (χ4n) is 2.78. The van der Waals surface area contributed by atoms with Gasteiger partial charge in [0.05, 0.1) is 0 Å². The molecular weight excluding hydrogens is 302 g/mol. The Morgan fingerprint density at radius 1 is 1.21 bits per heavy atom. The Kier molecular flexibility index (Phi) is 5.75. The lowest BCUT2D eigenvalue weighted by Crippen LogP contribution is -2.34. The lowest BCUT2D eigenvalue weighted by atomic mass is 9.81. The first-order valence-corrected chi connectivity index (χ1v) is 8.43. The molecule has 0 aliphatic rings. The molecule has 1 amide bonds. The van der Waals surface area contributed by atoms with Crippen LogP contribution in [0.4, 0.5) is 0 Å². The van der Waals surface area contributed by atoms with Gasteiger partial charge < -0.3 is 9.73 Å². The molecule has 0 aliphatic heterocycles. The molecule has 0 saturated carbocycles. The van der Waals surface area contributed by atoms with Gasteiger partial charge in [0, 0.05) is 13.3 Å². The van der Waals surface area contributed by atoms with Crippen LogP contribution in [0.5, 0.6) is 0 Å². The Bertz CT molecular complexity index is 662. The first kappa shape index (κ1) is 18.2. The van der Waals surface area contributed by atoms with Crippen molar-refractivity contribution in [2.45, 2.75) is 58.9 Å². The summed E-state index contributed by atoms with van der Waals surface area (Å²) in [7, 11) is 0. The van der Waals surface area contributed by atoms with E-state index in [-0.39, 0.29) is 17.4 Å². The van der Waals surface area contributed by atoms with Gasteiger partial charge in [0.15, 0.2) is 0 Å². The van der Waals surface area contributed by atoms with Crippen LogP contribution >= 0.6 is 0 Å². The molecule has 1 atom stereocenters. The molecule has 0 fully saturated rings. The van der Waals surface area contributed by atoms with Gasteiger partial charge in [-0.2, -0.15) is 0 Å². The molecule has 0 bridgehead atoms. The average Bonchev–Trinajstić information content (AvgIpc) is 2.93. The van der Waals surface area contributed by atoms with Gasteiger partial charge in [-0.25, -0.2) is 0 Å². The number of aryl methyl sites for hydroxylation is 1. The van der Waals surface area contributed by atoms with Crippen molar-refractivity contribution in [2.75, 3.05) is 0 Å². The highest BCUT2D eigenvalue weighted by Crippen LogP contribution is 2.28. The van der Waals surface area contributed by atoms with Crippen molar-refractivity contribution in [1.82, 2.24) is 15.5 Å². The molecule has 0 aliphatic carbocycles. The standard InChI is InChI=1S/C19H27N3O2/c1-13(2)11-16(18-22-21-14(3)24-18)20-17(23)12-19(4,5)15-9-7-6-8-10-15/h6-10,13,16H,11-12H2,1-5H3,(H,20,23).